The first-order valence-electron chi connectivity index (χ1n) is 5.83. The van der Waals surface area contributed by atoms with Crippen LogP contribution in [0.1, 0.15) is 32.7 Å². The van der Waals surface area contributed by atoms with E-state index < -0.39 is 0 Å². The summed E-state index contributed by atoms with van der Waals surface area (Å²) < 4.78 is 2.00. The zero-order chi connectivity index (χ0) is 11.4. The summed E-state index contributed by atoms with van der Waals surface area (Å²) in [6.45, 7) is 4.31. The Morgan fingerprint density at radius 1 is 1.31 bits per heavy atom. The monoisotopic (exact) mass is 215 g/mol. The maximum absolute atomic E-state index is 4.23. The molecule has 2 rings (SSSR count). The summed E-state index contributed by atoms with van der Waals surface area (Å²) in [4.78, 5) is 0. The number of rotatable bonds is 4. The maximum atomic E-state index is 4.23. The molecule has 0 amide bonds. The van der Waals surface area contributed by atoms with E-state index in [1.165, 1.54) is 0 Å². The third-order valence-corrected chi connectivity index (χ3v) is 2.70. The van der Waals surface area contributed by atoms with Crippen molar-refractivity contribution in [2.75, 3.05) is 0 Å². The third-order valence-electron chi connectivity index (χ3n) is 2.70. The molecule has 1 aromatic carbocycles. The highest BCUT2D eigenvalue weighted by Crippen LogP contribution is 2.18. The van der Waals surface area contributed by atoms with Crippen LogP contribution >= 0.6 is 0 Å². The van der Waals surface area contributed by atoms with E-state index in [1.54, 1.807) is 0 Å². The predicted molar refractivity (Wildman–Crippen MR) is 66.3 cm³/mol. The van der Waals surface area contributed by atoms with E-state index >= 15 is 0 Å². The number of hydrogen-bond donors (Lipinski definition) is 0. The molecule has 1 atom stereocenters. The van der Waals surface area contributed by atoms with E-state index in [9.17, 15) is 0 Å². The van der Waals surface area contributed by atoms with E-state index in [1.807, 2.05) is 22.9 Å². The number of aromatic nitrogens is 3. The Balaban J connectivity index is 2.41. The van der Waals surface area contributed by atoms with E-state index in [2.05, 4.69) is 42.4 Å². The summed E-state index contributed by atoms with van der Waals surface area (Å²) in [5.41, 5.74) is 2.07. The third kappa shape index (κ3) is 1.98. The molecule has 2 aromatic rings. The Morgan fingerprint density at radius 2 is 2.12 bits per heavy atom. The topological polar surface area (TPSA) is 30.7 Å². The first-order valence-corrected chi connectivity index (χ1v) is 5.83. The van der Waals surface area contributed by atoms with Crippen molar-refractivity contribution in [1.29, 1.82) is 0 Å². The van der Waals surface area contributed by atoms with Crippen LogP contribution in [0.2, 0.25) is 0 Å². The van der Waals surface area contributed by atoms with Crippen molar-refractivity contribution in [2.45, 2.75) is 32.7 Å². The van der Waals surface area contributed by atoms with Crippen molar-refractivity contribution in [2.24, 2.45) is 0 Å². The van der Waals surface area contributed by atoms with Crippen LogP contribution in [-0.4, -0.2) is 15.0 Å². The molecule has 0 N–H and O–H groups in total. The largest absolute Gasteiger partial charge is 0.238 e. The highest BCUT2D eigenvalue weighted by Gasteiger charge is 2.10. The lowest BCUT2D eigenvalue weighted by Crippen LogP contribution is -2.07. The van der Waals surface area contributed by atoms with Gasteiger partial charge in [0.15, 0.2) is 0 Å². The van der Waals surface area contributed by atoms with E-state index in [0.717, 1.165) is 23.9 Å². The van der Waals surface area contributed by atoms with Crippen LogP contribution in [0, 0.1) is 0 Å². The van der Waals surface area contributed by atoms with Gasteiger partial charge in [0.2, 0.25) is 0 Å². The molecule has 3 nitrogen and oxygen atoms in total. The van der Waals surface area contributed by atoms with Crippen molar-refractivity contribution in [3.8, 4) is 0 Å². The lowest BCUT2D eigenvalue weighted by molar-refractivity contribution is 0.521. The molecule has 16 heavy (non-hydrogen) atoms. The van der Waals surface area contributed by atoms with Gasteiger partial charge in [-0.25, -0.2) is 4.68 Å². The second-order valence-electron chi connectivity index (χ2n) is 3.83. The Morgan fingerprint density at radius 3 is 2.88 bits per heavy atom. The average molecular weight is 215 g/mol. The lowest BCUT2D eigenvalue weighted by atomic mass is 10.2. The smallest absolute Gasteiger partial charge is 0.113 e. The predicted octanol–water partition coefficient (Wildman–Crippen LogP) is 3.35. The Hall–Kier alpha value is -1.64. The molecular formula is C13H17N3. The zero-order valence-electron chi connectivity index (χ0n) is 9.80. The Kier molecular flexibility index (Phi) is 3.34. The van der Waals surface area contributed by atoms with Crippen LogP contribution in [0.5, 0.6) is 0 Å². The minimum atomic E-state index is 0.312. The number of para-hydroxylation sites is 1. The highest BCUT2D eigenvalue weighted by molar-refractivity contribution is 5.74. The van der Waals surface area contributed by atoms with Crippen LogP contribution in [0.4, 0.5) is 0 Å². The van der Waals surface area contributed by atoms with E-state index in [-0.39, 0.29) is 0 Å². The van der Waals surface area contributed by atoms with Crippen LogP contribution in [0.3, 0.4) is 0 Å². The van der Waals surface area contributed by atoms with Crippen molar-refractivity contribution >= 4 is 11.0 Å². The Labute approximate surface area is 95.8 Å². The van der Waals surface area contributed by atoms with Crippen molar-refractivity contribution in [3.05, 3.63) is 36.4 Å². The fourth-order valence-corrected chi connectivity index (χ4v) is 1.82. The number of nitrogens with zero attached hydrogens (tertiary/aromatic N) is 3. The fourth-order valence-electron chi connectivity index (χ4n) is 1.82. The van der Waals surface area contributed by atoms with Gasteiger partial charge in [0.25, 0.3) is 0 Å². The zero-order valence-corrected chi connectivity index (χ0v) is 9.80. The fraction of sp³-hybridized carbons (Fsp3) is 0.385. The summed E-state index contributed by atoms with van der Waals surface area (Å²) in [6, 6.07) is 8.39. The highest BCUT2D eigenvalue weighted by atomic mass is 15.4. The summed E-state index contributed by atoms with van der Waals surface area (Å²) in [6.07, 6.45) is 6.48. The quantitative estimate of drug-likeness (QED) is 0.732. The molecule has 0 fully saturated rings. The van der Waals surface area contributed by atoms with Gasteiger partial charge in [-0.2, -0.15) is 0 Å². The van der Waals surface area contributed by atoms with Gasteiger partial charge in [-0.1, -0.05) is 43.3 Å². The first-order chi connectivity index (χ1) is 7.86. The van der Waals surface area contributed by atoms with Crippen LogP contribution in [0.15, 0.2) is 36.4 Å². The summed E-state index contributed by atoms with van der Waals surface area (Å²) in [5.74, 6) is 0. The molecule has 0 aliphatic rings. The number of fused-ring (bicyclic) bond motifs is 1. The minimum absolute atomic E-state index is 0.312. The van der Waals surface area contributed by atoms with Gasteiger partial charge in [0, 0.05) is 0 Å². The Bertz CT molecular complexity index is 485. The van der Waals surface area contributed by atoms with Gasteiger partial charge in [0.05, 0.1) is 11.6 Å². The number of allylic oxidation sites excluding steroid dienone is 2. The summed E-state index contributed by atoms with van der Waals surface area (Å²) in [7, 11) is 0. The average Bonchev–Trinajstić information content (AvgIpc) is 2.75. The van der Waals surface area contributed by atoms with Gasteiger partial charge in [0.1, 0.15) is 5.52 Å². The normalized spacial score (nSPS) is 13.6. The SMILES string of the molecule is CCC=CC(CC)n1nnc2ccccc21. The molecule has 0 aliphatic heterocycles. The van der Waals surface area contributed by atoms with Crippen LogP contribution in [0.25, 0.3) is 11.0 Å². The summed E-state index contributed by atoms with van der Waals surface area (Å²) in [5, 5.41) is 8.41. The van der Waals surface area contributed by atoms with E-state index in [0.29, 0.717) is 6.04 Å². The van der Waals surface area contributed by atoms with Gasteiger partial charge >= 0.3 is 0 Å². The molecule has 84 valence electrons. The van der Waals surface area contributed by atoms with E-state index in [4.69, 9.17) is 0 Å². The molecule has 1 heterocycles. The molecule has 3 heteroatoms. The van der Waals surface area contributed by atoms with Crippen molar-refractivity contribution in [3.63, 3.8) is 0 Å². The van der Waals surface area contributed by atoms with Crippen LogP contribution < -0.4 is 0 Å². The molecule has 0 saturated carbocycles. The van der Waals surface area contributed by atoms with Gasteiger partial charge in [-0.05, 0) is 25.0 Å². The second kappa shape index (κ2) is 4.92. The standard InChI is InChI=1S/C13H17N3/c1-3-5-8-11(4-2)16-13-10-7-6-9-12(13)14-15-16/h5-11H,3-4H2,1-2H3. The minimum Gasteiger partial charge on any atom is -0.238 e. The summed E-state index contributed by atoms with van der Waals surface area (Å²) >= 11 is 0. The second-order valence-corrected chi connectivity index (χ2v) is 3.83. The molecular weight excluding hydrogens is 198 g/mol. The van der Waals surface area contributed by atoms with Crippen molar-refractivity contribution < 1.29 is 0 Å². The molecule has 1 aromatic heterocycles. The molecule has 1 unspecified atom stereocenters. The molecule has 0 saturated heterocycles. The molecule has 0 bridgehead atoms. The van der Waals surface area contributed by atoms with Gasteiger partial charge in [-0.3, -0.25) is 0 Å². The molecule has 0 aliphatic carbocycles. The maximum Gasteiger partial charge on any atom is 0.113 e. The lowest BCUT2D eigenvalue weighted by Gasteiger charge is -2.10. The molecule has 0 spiro atoms. The van der Waals surface area contributed by atoms with Gasteiger partial charge < -0.3 is 0 Å². The number of hydrogen-bond acceptors (Lipinski definition) is 2. The first kappa shape index (κ1) is 10.9. The van der Waals surface area contributed by atoms with Crippen molar-refractivity contribution in [1.82, 2.24) is 15.0 Å². The molecule has 0 radical (unpaired) electrons. The van der Waals surface area contributed by atoms with Gasteiger partial charge in [-0.15, -0.1) is 5.10 Å². The van der Waals surface area contributed by atoms with Crippen LogP contribution in [-0.2, 0) is 0 Å². The number of benzene rings is 1.